The van der Waals surface area contributed by atoms with Gasteiger partial charge in [-0.1, -0.05) is 43.2 Å². The molecule has 1 aromatic carbocycles. The van der Waals surface area contributed by atoms with Gasteiger partial charge in [-0.15, -0.1) is 34.2 Å². The van der Waals surface area contributed by atoms with E-state index in [1.807, 2.05) is 0 Å². The summed E-state index contributed by atoms with van der Waals surface area (Å²) in [6.07, 6.45) is 8.54. The van der Waals surface area contributed by atoms with Crippen LogP contribution < -0.4 is 10.6 Å². The van der Waals surface area contributed by atoms with E-state index in [2.05, 4.69) is 62.7 Å². The molecule has 0 radical (unpaired) electrons. The molecular weight excluding hydrogens is 475 g/mol. The van der Waals surface area contributed by atoms with Crippen LogP contribution in [0, 0.1) is 0 Å². The maximum atomic E-state index is 4.82. The Morgan fingerprint density at radius 2 is 1.86 bits per heavy atom. The summed E-state index contributed by atoms with van der Waals surface area (Å²) in [6, 6.07) is 11.0. The van der Waals surface area contributed by atoms with E-state index in [4.69, 9.17) is 4.99 Å². The summed E-state index contributed by atoms with van der Waals surface area (Å²) < 4.78 is 2.25. The minimum Gasteiger partial charge on any atom is -0.357 e. The van der Waals surface area contributed by atoms with E-state index in [0.29, 0.717) is 6.54 Å². The highest BCUT2D eigenvalue weighted by Crippen LogP contribution is 2.40. The molecule has 7 heteroatoms. The zero-order chi connectivity index (χ0) is 19.2. The summed E-state index contributed by atoms with van der Waals surface area (Å²) in [7, 11) is 0. The van der Waals surface area contributed by atoms with E-state index in [9.17, 15) is 0 Å². The van der Waals surface area contributed by atoms with Crippen LogP contribution in [0.1, 0.15) is 62.7 Å². The number of hydrogen-bond donors (Lipinski definition) is 2. The lowest BCUT2D eigenvalue weighted by molar-refractivity contribution is 0.431. The van der Waals surface area contributed by atoms with Gasteiger partial charge in [-0.25, -0.2) is 4.99 Å². The third kappa shape index (κ3) is 5.10. The Morgan fingerprint density at radius 3 is 2.62 bits per heavy atom. The number of aromatic nitrogens is 3. The van der Waals surface area contributed by atoms with E-state index < -0.39 is 0 Å². The maximum Gasteiger partial charge on any atom is 0.191 e. The Bertz CT molecular complexity index is 795. The molecule has 158 valence electrons. The van der Waals surface area contributed by atoms with Gasteiger partial charge < -0.3 is 15.2 Å². The highest BCUT2D eigenvalue weighted by molar-refractivity contribution is 14.0. The van der Waals surface area contributed by atoms with Crippen molar-refractivity contribution in [1.29, 1.82) is 0 Å². The quantitative estimate of drug-likeness (QED) is 0.354. The Balaban J connectivity index is 0.00000240. The first kappa shape index (κ1) is 22.1. The topological polar surface area (TPSA) is 67.1 Å². The molecule has 2 aromatic rings. The molecule has 2 N–H and O–H groups in total. The fourth-order valence-electron chi connectivity index (χ4n) is 4.64. The van der Waals surface area contributed by atoms with Gasteiger partial charge in [0.25, 0.3) is 0 Å². The molecule has 0 atom stereocenters. The Kier molecular flexibility index (Phi) is 7.91. The maximum absolute atomic E-state index is 4.82. The van der Waals surface area contributed by atoms with Crippen LogP contribution in [0.5, 0.6) is 0 Å². The number of guanidine groups is 1. The van der Waals surface area contributed by atoms with Crippen molar-refractivity contribution in [2.75, 3.05) is 13.1 Å². The molecule has 2 aliphatic rings. The third-order valence-corrected chi connectivity index (χ3v) is 6.20. The van der Waals surface area contributed by atoms with Crippen molar-refractivity contribution in [3.63, 3.8) is 0 Å². The predicted octanol–water partition coefficient (Wildman–Crippen LogP) is 3.80. The highest BCUT2D eigenvalue weighted by atomic mass is 127. The molecule has 1 saturated carbocycles. The number of aryl methyl sites for hydroxylation is 1. The largest absolute Gasteiger partial charge is 0.357 e. The molecule has 0 unspecified atom stereocenters. The van der Waals surface area contributed by atoms with Gasteiger partial charge in [0.05, 0.1) is 0 Å². The number of nitrogens with zero attached hydrogens (tertiary/aromatic N) is 4. The molecule has 6 nitrogen and oxygen atoms in total. The lowest BCUT2D eigenvalue weighted by atomic mass is 9.79. The summed E-state index contributed by atoms with van der Waals surface area (Å²) in [5.74, 6) is 2.96. The van der Waals surface area contributed by atoms with Gasteiger partial charge in [-0.2, -0.15) is 0 Å². The van der Waals surface area contributed by atoms with Crippen molar-refractivity contribution < 1.29 is 0 Å². The summed E-state index contributed by atoms with van der Waals surface area (Å²) in [5.41, 5.74) is 1.66. The van der Waals surface area contributed by atoms with Crippen LogP contribution in [0.25, 0.3) is 0 Å². The minimum atomic E-state index is 0. The number of fused-ring (bicyclic) bond motifs is 1. The second-order valence-corrected chi connectivity index (χ2v) is 8.04. The van der Waals surface area contributed by atoms with Gasteiger partial charge in [0, 0.05) is 31.5 Å². The monoisotopic (exact) mass is 508 g/mol. The van der Waals surface area contributed by atoms with Crippen molar-refractivity contribution in [1.82, 2.24) is 25.4 Å². The molecule has 29 heavy (non-hydrogen) atoms. The zero-order valence-corrected chi connectivity index (χ0v) is 19.7. The molecule has 0 saturated heterocycles. The average Bonchev–Trinajstić information content (AvgIpc) is 3.39. The van der Waals surface area contributed by atoms with Crippen LogP contribution in [0.3, 0.4) is 0 Å². The Morgan fingerprint density at radius 1 is 1.07 bits per heavy atom. The Hall–Kier alpha value is -1.64. The van der Waals surface area contributed by atoms with Crippen molar-refractivity contribution in [3.8, 4) is 0 Å². The molecule has 1 aliphatic carbocycles. The van der Waals surface area contributed by atoms with Crippen LogP contribution >= 0.6 is 24.0 Å². The van der Waals surface area contributed by atoms with Gasteiger partial charge in [0.2, 0.25) is 0 Å². The zero-order valence-electron chi connectivity index (χ0n) is 17.4. The van der Waals surface area contributed by atoms with Gasteiger partial charge in [0.15, 0.2) is 11.8 Å². The lowest BCUT2D eigenvalue weighted by Crippen LogP contribution is -2.44. The number of halogens is 1. The van der Waals surface area contributed by atoms with Crippen LogP contribution in [-0.4, -0.2) is 33.8 Å². The van der Waals surface area contributed by atoms with Gasteiger partial charge in [-0.3, -0.25) is 0 Å². The number of rotatable bonds is 6. The number of hydrogen-bond acceptors (Lipinski definition) is 3. The predicted molar refractivity (Wildman–Crippen MR) is 128 cm³/mol. The Labute approximate surface area is 191 Å². The second kappa shape index (κ2) is 10.4. The summed E-state index contributed by atoms with van der Waals surface area (Å²) in [6.45, 7) is 5.47. The molecule has 1 fully saturated rings. The first-order valence-corrected chi connectivity index (χ1v) is 10.8. The smallest absolute Gasteiger partial charge is 0.191 e. The molecule has 0 spiro atoms. The molecule has 1 aromatic heterocycles. The number of aliphatic imine (C=N–C) groups is 1. The number of benzene rings is 1. The van der Waals surface area contributed by atoms with E-state index in [1.165, 1.54) is 44.1 Å². The van der Waals surface area contributed by atoms with Crippen LogP contribution in [0.2, 0.25) is 0 Å². The first-order chi connectivity index (χ1) is 13.8. The van der Waals surface area contributed by atoms with E-state index in [0.717, 1.165) is 43.7 Å². The van der Waals surface area contributed by atoms with Crippen LogP contribution in [-0.2, 0) is 24.9 Å². The lowest BCUT2D eigenvalue weighted by Gasteiger charge is -2.30. The van der Waals surface area contributed by atoms with Gasteiger partial charge in [-0.05, 0) is 38.2 Å². The fourth-order valence-corrected chi connectivity index (χ4v) is 4.64. The molecule has 0 bridgehead atoms. The van der Waals surface area contributed by atoms with Crippen molar-refractivity contribution in [3.05, 3.63) is 47.5 Å². The van der Waals surface area contributed by atoms with Crippen molar-refractivity contribution in [2.45, 2.75) is 70.4 Å². The van der Waals surface area contributed by atoms with E-state index in [-0.39, 0.29) is 29.4 Å². The summed E-state index contributed by atoms with van der Waals surface area (Å²) in [5, 5.41) is 15.7. The van der Waals surface area contributed by atoms with Crippen LogP contribution in [0.15, 0.2) is 35.3 Å². The van der Waals surface area contributed by atoms with Crippen LogP contribution in [0.4, 0.5) is 0 Å². The second-order valence-electron chi connectivity index (χ2n) is 8.04. The SMILES string of the molecule is CCNC(=NCc1nnc2n1CCCC2)NCC1(c2ccccc2)CCCC1.I. The van der Waals surface area contributed by atoms with Crippen molar-refractivity contribution >= 4 is 29.9 Å². The van der Waals surface area contributed by atoms with E-state index >= 15 is 0 Å². The van der Waals surface area contributed by atoms with Gasteiger partial charge in [0.1, 0.15) is 12.4 Å². The molecule has 4 rings (SSSR count). The fraction of sp³-hybridized carbons (Fsp3) is 0.591. The highest BCUT2D eigenvalue weighted by Gasteiger charge is 2.35. The molecule has 0 amide bonds. The molecule has 1 aliphatic heterocycles. The minimum absolute atomic E-state index is 0. The van der Waals surface area contributed by atoms with Crippen molar-refractivity contribution in [2.24, 2.45) is 4.99 Å². The average molecular weight is 508 g/mol. The van der Waals surface area contributed by atoms with E-state index in [1.54, 1.807) is 0 Å². The summed E-state index contributed by atoms with van der Waals surface area (Å²) >= 11 is 0. The normalized spacial score (nSPS) is 18.0. The molecular formula is C22H33IN6. The molecule has 2 heterocycles. The summed E-state index contributed by atoms with van der Waals surface area (Å²) in [4.78, 5) is 4.82. The number of nitrogens with one attached hydrogen (secondary N) is 2. The van der Waals surface area contributed by atoms with Gasteiger partial charge >= 0.3 is 0 Å². The standard InChI is InChI=1S/C22H32N6.HI/c1-2-23-21(24-16-20-27-26-19-12-6-9-15-28(19)20)25-17-22(13-7-8-14-22)18-10-4-3-5-11-18;/h3-5,10-11H,2,6-9,12-17H2,1H3,(H2,23,24,25);1H. The third-order valence-electron chi connectivity index (χ3n) is 6.20. The first-order valence-electron chi connectivity index (χ1n) is 10.8.